The standard InChI is InChI=1S/C25H26ClN6O3P/c1-35-22-13-21(32-10-8-17(33)9-11-32)16(14-27)12-20(22)30-25-28-15-18(26)24(31-25)29-19-6-4-5-7-23(19)36(2,3)34/h4-7,12-13,15H,8-11H2,1-3H3,(H2,28,29,30,31). The second kappa shape index (κ2) is 10.6. The molecule has 0 unspecified atom stereocenters. The third-order valence-electron chi connectivity index (χ3n) is 5.83. The Morgan fingerprint density at radius 3 is 2.53 bits per heavy atom. The Bertz CT molecular complexity index is 1390. The summed E-state index contributed by atoms with van der Waals surface area (Å²) in [5, 5.41) is 17.0. The lowest BCUT2D eigenvalue weighted by atomic mass is 10.1. The molecule has 0 radical (unpaired) electrons. The lowest BCUT2D eigenvalue weighted by Gasteiger charge is -2.29. The number of nitriles is 1. The third kappa shape index (κ3) is 5.62. The van der Waals surface area contributed by atoms with E-state index >= 15 is 0 Å². The number of rotatable bonds is 7. The van der Waals surface area contributed by atoms with Crippen molar-refractivity contribution in [3.05, 3.63) is 53.2 Å². The van der Waals surface area contributed by atoms with Gasteiger partial charge in [-0.3, -0.25) is 4.79 Å². The Morgan fingerprint density at radius 2 is 1.86 bits per heavy atom. The molecule has 0 saturated carbocycles. The Kier molecular flexibility index (Phi) is 7.48. The second-order valence-corrected chi connectivity index (χ2v) is 12.3. The predicted molar refractivity (Wildman–Crippen MR) is 143 cm³/mol. The van der Waals surface area contributed by atoms with E-state index in [1.54, 1.807) is 25.5 Å². The molecular formula is C25H26ClN6O3P. The molecule has 0 bridgehead atoms. The number of benzene rings is 2. The van der Waals surface area contributed by atoms with Crippen molar-refractivity contribution in [2.75, 3.05) is 49.1 Å². The summed E-state index contributed by atoms with van der Waals surface area (Å²) in [6.45, 7) is 4.52. The van der Waals surface area contributed by atoms with Gasteiger partial charge in [-0.1, -0.05) is 23.7 Å². The van der Waals surface area contributed by atoms with Gasteiger partial charge in [-0.05, 0) is 31.5 Å². The summed E-state index contributed by atoms with van der Waals surface area (Å²) >= 11 is 6.36. The highest BCUT2D eigenvalue weighted by atomic mass is 35.5. The third-order valence-corrected chi connectivity index (χ3v) is 7.65. The first-order chi connectivity index (χ1) is 17.2. The fourth-order valence-corrected chi connectivity index (χ4v) is 5.29. The van der Waals surface area contributed by atoms with Crippen LogP contribution < -0.4 is 25.6 Å². The molecule has 11 heteroatoms. The molecule has 0 atom stereocenters. The first-order valence-corrected chi connectivity index (χ1v) is 14.3. The monoisotopic (exact) mass is 524 g/mol. The summed E-state index contributed by atoms with van der Waals surface area (Å²) in [5.74, 6) is 1.29. The first kappa shape index (κ1) is 25.5. The first-order valence-electron chi connectivity index (χ1n) is 11.3. The summed E-state index contributed by atoms with van der Waals surface area (Å²) in [5.41, 5.74) is 2.31. The van der Waals surface area contributed by atoms with Crippen LogP contribution >= 0.6 is 18.7 Å². The van der Waals surface area contributed by atoms with Crippen molar-refractivity contribution in [3.63, 3.8) is 0 Å². The van der Waals surface area contributed by atoms with Crippen LogP contribution in [-0.4, -0.2) is 49.3 Å². The molecule has 2 aromatic carbocycles. The van der Waals surface area contributed by atoms with Crippen LogP contribution in [0.1, 0.15) is 18.4 Å². The Labute approximate surface area is 214 Å². The summed E-state index contributed by atoms with van der Waals surface area (Å²) in [4.78, 5) is 22.4. The Hall–Kier alpha value is -3.60. The van der Waals surface area contributed by atoms with Crippen molar-refractivity contribution in [1.82, 2.24) is 9.97 Å². The van der Waals surface area contributed by atoms with E-state index in [0.717, 1.165) is 0 Å². The minimum Gasteiger partial charge on any atom is -0.494 e. The number of carbonyl (C=O) groups is 1. The molecule has 1 fully saturated rings. The molecule has 2 heterocycles. The van der Waals surface area contributed by atoms with Gasteiger partial charge in [0.2, 0.25) is 5.95 Å². The van der Waals surface area contributed by atoms with E-state index in [9.17, 15) is 14.6 Å². The largest absolute Gasteiger partial charge is 0.494 e. The van der Waals surface area contributed by atoms with Crippen molar-refractivity contribution >= 4 is 58.7 Å². The van der Waals surface area contributed by atoms with Gasteiger partial charge in [-0.2, -0.15) is 10.2 Å². The molecule has 9 nitrogen and oxygen atoms in total. The fraction of sp³-hybridized carbons (Fsp3) is 0.280. The van der Waals surface area contributed by atoms with Gasteiger partial charge < -0.3 is 24.8 Å². The van der Waals surface area contributed by atoms with Gasteiger partial charge in [-0.25, -0.2) is 4.98 Å². The van der Waals surface area contributed by atoms with Crippen LogP contribution in [0.4, 0.5) is 28.8 Å². The molecule has 1 aromatic heterocycles. The van der Waals surface area contributed by atoms with Gasteiger partial charge in [0.25, 0.3) is 0 Å². The average molecular weight is 525 g/mol. The number of Topliss-reactive ketones (excluding diaryl/α,β-unsaturated/α-hetero) is 1. The molecule has 0 spiro atoms. The lowest BCUT2D eigenvalue weighted by molar-refractivity contribution is -0.119. The van der Waals surface area contributed by atoms with Crippen molar-refractivity contribution in [2.45, 2.75) is 12.8 Å². The summed E-state index contributed by atoms with van der Waals surface area (Å²) in [6, 6.07) is 13.0. The average Bonchev–Trinajstić information content (AvgIpc) is 2.86. The number of aromatic nitrogens is 2. The zero-order valence-corrected chi connectivity index (χ0v) is 21.9. The number of nitrogens with one attached hydrogen (secondary N) is 2. The molecule has 1 aliphatic rings. The van der Waals surface area contributed by atoms with E-state index in [2.05, 4.69) is 26.7 Å². The summed E-state index contributed by atoms with van der Waals surface area (Å²) in [6.07, 6.45) is 2.36. The molecule has 0 amide bonds. The van der Waals surface area contributed by atoms with Gasteiger partial charge >= 0.3 is 0 Å². The summed E-state index contributed by atoms with van der Waals surface area (Å²) < 4.78 is 18.3. The zero-order valence-electron chi connectivity index (χ0n) is 20.2. The number of hydrogen-bond acceptors (Lipinski definition) is 9. The number of para-hydroxylation sites is 1. The van der Waals surface area contributed by atoms with Crippen molar-refractivity contribution < 1.29 is 14.1 Å². The number of anilines is 5. The zero-order chi connectivity index (χ0) is 25.9. The molecule has 4 rings (SSSR count). The van der Waals surface area contributed by atoms with Gasteiger partial charge in [0.05, 0.1) is 35.9 Å². The number of halogens is 1. The molecule has 3 aromatic rings. The Balaban J connectivity index is 1.64. The van der Waals surface area contributed by atoms with Crippen LogP contribution in [0.15, 0.2) is 42.6 Å². The number of nitrogens with zero attached hydrogens (tertiary/aromatic N) is 4. The lowest BCUT2D eigenvalue weighted by Crippen LogP contribution is -2.34. The minimum absolute atomic E-state index is 0.225. The summed E-state index contributed by atoms with van der Waals surface area (Å²) in [7, 11) is -1.01. The maximum Gasteiger partial charge on any atom is 0.229 e. The smallest absolute Gasteiger partial charge is 0.229 e. The highest BCUT2D eigenvalue weighted by molar-refractivity contribution is 7.70. The molecule has 1 saturated heterocycles. The fourth-order valence-electron chi connectivity index (χ4n) is 4.00. The number of ketones is 1. The number of ether oxygens (including phenoxy) is 1. The van der Waals surface area contributed by atoms with Crippen LogP contribution in [0.5, 0.6) is 5.75 Å². The van der Waals surface area contributed by atoms with Crippen molar-refractivity contribution in [3.8, 4) is 11.8 Å². The number of hydrogen-bond donors (Lipinski definition) is 2. The quantitative estimate of drug-likeness (QED) is 0.415. The molecule has 2 N–H and O–H groups in total. The molecule has 0 aliphatic carbocycles. The maximum absolute atomic E-state index is 12.7. The number of carbonyl (C=O) groups excluding carboxylic acids is 1. The van der Waals surface area contributed by atoms with E-state index in [4.69, 9.17) is 16.3 Å². The highest BCUT2D eigenvalue weighted by Crippen LogP contribution is 2.39. The van der Waals surface area contributed by atoms with Crippen LogP contribution in [0, 0.1) is 11.3 Å². The Morgan fingerprint density at radius 1 is 1.14 bits per heavy atom. The van der Waals surface area contributed by atoms with E-state index < -0.39 is 7.14 Å². The van der Waals surface area contributed by atoms with Gasteiger partial charge in [-0.15, -0.1) is 0 Å². The molecule has 1 aliphatic heterocycles. The topological polar surface area (TPSA) is 120 Å². The van der Waals surface area contributed by atoms with E-state index in [1.165, 1.54) is 13.3 Å². The molecule has 186 valence electrons. The van der Waals surface area contributed by atoms with Crippen LogP contribution in [-0.2, 0) is 9.36 Å². The van der Waals surface area contributed by atoms with E-state index in [-0.39, 0.29) is 16.8 Å². The molecule has 36 heavy (non-hydrogen) atoms. The van der Waals surface area contributed by atoms with Crippen molar-refractivity contribution in [2.24, 2.45) is 0 Å². The maximum atomic E-state index is 12.7. The molecular weight excluding hydrogens is 499 g/mol. The van der Waals surface area contributed by atoms with Crippen LogP contribution in [0.25, 0.3) is 0 Å². The minimum atomic E-state index is -2.55. The normalized spacial score (nSPS) is 13.8. The highest BCUT2D eigenvalue weighted by Gasteiger charge is 2.22. The van der Waals surface area contributed by atoms with E-state index in [1.807, 2.05) is 29.2 Å². The van der Waals surface area contributed by atoms with Crippen molar-refractivity contribution in [1.29, 1.82) is 5.26 Å². The number of methoxy groups -OCH3 is 1. The SMILES string of the molecule is COc1cc(N2CCC(=O)CC2)c(C#N)cc1Nc1ncc(Cl)c(Nc2ccccc2P(C)(C)=O)n1. The van der Waals surface area contributed by atoms with Crippen LogP contribution in [0.3, 0.4) is 0 Å². The van der Waals surface area contributed by atoms with Crippen LogP contribution in [0.2, 0.25) is 5.02 Å². The van der Waals surface area contributed by atoms with E-state index in [0.29, 0.717) is 65.4 Å². The van der Waals surface area contributed by atoms with Gasteiger partial charge in [0.15, 0.2) is 5.82 Å². The predicted octanol–water partition coefficient (Wildman–Crippen LogP) is 4.91. The second-order valence-electron chi connectivity index (χ2n) is 8.72. The van der Waals surface area contributed by atoms with Gasteiger partial charge in [0.1, 0.15) is 29.8 Å². The number of piperidine rings is 1. The van der Waals surface area contributed by atoms with Gasteiger partial charge in [0, 0.05) is 37.3 Å².